The van der Waals surface area contributed by atoms with E-state index in [1.165, 1.54) is 6.42 Å². The molecule has 5 rings (SSSR count). The van der Waals surface area contributed by atoms with Crippen molar-refractivity contribution in [2.75, 3.05) is 24.2 Å². The average Bonchev–Trinajstić information content (AvgIpc) is 3.08. The summed E-state index contributed by atoms with van der Waals surface area (Å²) in [4.78, 5) is 13.1. The van der Waals surface area contributed by atoms with Crippen LogP contribution in [0.4, 0.5) is 5.69 Å². The predicted molar refractivity (Wildman–Crippen MR) is 145 cm³/mol. The molecule has 1 fully saturated rings. The number of carbonyl (C=O) groups excluding carboxylic acids is 1. The Morgan fingerprint density at radius 2 is 1.63 bits per heavy atom. The van der Waals surface area contributed by atoms with Gasteiger partial charge in [0.1, 0.15) is 5.75 Å². The lowest BCUT2D eigenvalue weighted by Gasteiger charge is -2.22. The van der Waals surface area contributed by atoms with Crippen LogP contribution in [0.25, 0.3) is 17.2 Å². The van der Waals surface area contributed by atoms with Crippen LogP contribution in [0.3, 0.4) is 0 Å². The van der Waals surface area contributed by atoms with E-state index in [1.54, 1.807) is 0 Å². The van der Waals surface area contributed by atoms with E-state index in [4.69, 9.17) is 16.3 Å². The molecule has 1 amide bonds. The summed E-state index contributed by atoms with van der Waals surface area (Å²) >= 11 is 6.03. The third-order valence-corrected chi connectivity index (χ3v) is 10.2. The van der Waals surface area contributed by atoms with Gasteiger partial charge in [-0.3, -0.25) is 4.79 Å². The number of hydrogen-bond acceptors (Lipinski definition) is 3. The van der Waals surface area contributed by atoms with Crippen LogP contribution in [0, 0.1) is 0 Å². The van der Waals surface area contributed by atoms with Crippen LogP contribution in [0.1, 0.15) is 36.8 Å². The summed E-state index contributed by atoms with van der Waals surface area (Å²) in [6.07, 6.45) is 8.19. The van der Waals surface area contributed by atoms with Gasteiger partial charge in [-0.1, -0.05) is 48.4 Å². The lowest BCUT2D eigenvalue weighted by molar-refractivity contribution is -0.113. The lowest BCUT2D eigenvalue weighted by atomic mass is 10.0. The second kappa shape index (κ2) is 10.4. The van der Waals surface area contributed by atoms with Gasteiger partial charge in [0.25, 0.3) is 5.91 Å². The minimum atomic E-state index is -2.08. The third kappa shape index (κ3) is 5.89. The van der Waals surface area contributed by atoms with E-state index in [2.05, 4.69) is 5.32 Å². The van der Waals surface area contributed by atoms with Gasteiger partial charge in [-0.05, 0) is 72.0 Å². The molecule has 0 aromatic heterocycles. The molecule has 3 aromatic carbocycles. The summed E-state index contributed by atoms with van der Waals surface area (Å²) in [7, 11) is -2.08. The van der Waals surface area contributed by atoms with Crippen molar-refractivity contribution in [2.24, 2.45) is 0 Å². The lowest BCUT2D eigenvalue weighted by Crippen LogP contribution is -2.15. The summed E-state index contributed by atoms with van der Waals surface area (Å²) in [6.45, 7) is 0.445. The number of anilines is 1. The molecule has 0 radical (unpaired) electrons. The summed E-state index contributed by atoms with van der Waals surface area (Å²) in [5.41, 5.74) is 5.46. The van der Waals surface area contributed by atoms with E-state index in [1.807, 2.05) is 72.8 Å². The normalized spacial score (nSPS) is 16.9. The molecule has 4 nitrogen and oxygen atoms in total. The average molecular weight is 506 g/mol. The van der Waals surface area contributed by atoms with Crippen molar-refractivity contribution in [3.8, 4) is 16.9 Å². The number of hydrogen-bond donors (Lipinski definition) is 1. The maximum atomic E-state index is 13.1. The van der Waals surface area contributed by atoms with Gasteiger partial charge in [-0.2, -0.15) is 0 Å². The highest BCUT2D eigenvalue weighted by molar-refractivity contribution is 7.63. The molecule has 180 valence electrons. The van der Waals surface area contributed by atoms with Crippen molar-refractivity contribution >= 4 is 36.4 Å². The highest BCUT2D eigenvalue weighted by atomic mass is 35.5. The molecule has 0 saturated carbocycles. The SMILES string of the molecule is O=C(Nc1ccc(CP2(=O)CCCCC2)cc1)C1=Cc2cc(-c3ccc(Cl)cc3)ccc2OCC1. The quantitative estimate of drug-likeness (QED) is 0.359. The van der Waals surface area contributed by atoms with Crippen LogP contribution >= 0.6 is 18.7 Å². The third-order valence-electron chi connectivity index (χ3n) is 6.75. The first kappa shape index (κ1) is 23.9. The number of ether oxygens (including phenoxy) is 1. The molecule has 0 atom stereocenters. The first-order chi connectivity index (χ1) is 17.0. The largest absolute Gasteiger partial charge is 0.493 e. The molecule has 2 heterocycles. The Hall–Kier alpha value is -2.81. The predicted octanol–water partition coefficient (Wildman–Crippen LogP) is 7.86. The van der Waals surface area contributed by atoms with Gasteiger partial charge in [0, 0.05) is 46.8 Å². The number of fused-ring (bicyclic) bond motifs is 1. The summed E-state index contributed by atoms with van der Waals surface area (Å²) in [6, 6.07) is 21.5. The first-order valence-electron chi connectivity index (χ1n) is 12.2. The Kier molecular flexibility index (Phi) is 7.13. The monoisotopic (exact) mass is 505 g/mol. The Labute approximate surface area is 211 Å². The topological polar surface area (TPSA) is 55.4 Å². The molecule has 0 unspecified atom stereocenters. The minimum Gasteiger partial charge on any atom is -0.493 e. The maximum absolute atomic E-state index is 13.1. The van der Waals surface area contributed by atoms with Gasteiger partial charge >= 0.3 is 0 Å². The van der Waals surface area contributed by atoms with Gasteiger partial charge in [0.05, 0.1) is 13.7 Å². The van der Waals surface area contributed by atoms with E-state index in [0.717, 1.165) is 58.9 Å². The molecular formula is C29H29ClNO3P. The van der Waals surface area contributed by atoms with Crippen molar-refractivity contribution in [3.63, 3.8) is 0 Å². The Morgan fingerprint density at radius 1 is 0.914 bits per heavy atom. The molecule has 1 N–H and O–H groups in total. The Balaban J connectivity index is 1.30. The van der Waals surface area contributed by atoms with Crippen molar-refractivity contribution in [1.29, 1.82) is 0 Å². The van der Waals surface area contributed by atoms with E-state index >= 15 is 0 Å². The van der Waals surface area contributed by atoms with Crippen molar-refractivity contribution in [3.05, 3.63) is 88.5 Å². The van der Waals surface area contributed by atoms with Gasteiger partial charge in [-0.15, -0.1) is 0 Å². The molecule has 6 heteroatoms. The number of rotatable bonds is 5. The molecule has 0 aliphatic carbocycles. The highest BCUT2D eigenvalue weighted by Crippen LogP contribution is 2.53. The van der Waals surface area contributed by atoms with E-state index < -0.39 is 7.14 Å². The molecule has 1 saturated heterocycles. The zero-order valence-corrected chi connectivity index (χ0v) is 21.3. The standard InChI is InChI=1S/C29H29ClNO3P/c30-26-9-6-22(7-10-26)23-8-13-28-25(18-23)19-24(14-15-34-28)29(32)31-27-11-4-21(5-12-27)20-35(33)16-2-1-3-17-35/h4-13,18-19H,1-3,14-17,20H2,(H,31,32). The fourth-order valence-electron chi connectivity index (χ4n) is 4.81. The molecule has 2 aliphatic rings. The fourth-order valence-corrected chi connectivity index (χ4v) is 7.95. The minimum absolute atomic E-state index is 0.133. The van der Waals surface area contributed by atoms with Crippen LogP contribution in [0.2, 0.25) is 5.02 Å². The summed E-state index contributed by atoms with van der Waals surface area (Å²) in [5.74, 6) is 0.638. The van der Waals surface area contributed by atoms with Gasteiger partial charge in [0.15, 0.2) is 0 Å². The number of amides is 1. The van der Waals surface area contributed by atoms with Crippen LogP contribution in [-0.2, 0) is 15.5 Å². The molecule has 0 bridgehead atoms. The zero-order chi connectivity index (χ0) is 24.3. The zero-order valence-electron chi connectivity index (χ0n) is 19.6. The number of halogens is 1. The Morgan fingerprint density at radius 3 is 2.37 bits per heavy atom. The molecule has 35 heavy (non-hydrogen) atoms. The van der Waals surface area contributed by atoms with Crippen molar-refractivity contribution in [2.45, 2.75) is 31.8 Å². The van der Waals surface area contributed by atoms with Gasteiger partial charge in [0.2, 0.25) is 0 Å². The molecular weight excluding hydrogens is 477 g/mol. The smallest absolute Gasteiger partial charge is 0.251 e. The van der Waals surface area contributed by atoms with Gasteiger partial charge < -0.3 is 14.6 Å². The highest BCUT2D eigenvalue weighted by Gasteiger charge is 2.25. The number of nitrogens with one attached hydrogen (secondary N) is 1. The fraction of sp³-hybridized carbons (Fsp3) is 0.276. The number of carbonyl (C=O) groups is 1. The maximum Gasteiger partial charge on any atom is 0.251 e. The molecule has 2 aliphatic heterocycles. The van der Waals surface area contributed by atoms with Crippen molar-refractivity contribution < 1.29 is 14.1 Å². The van der Waals surface area contributed by atoms with E-state index in [9.17, 15) is 9.36 Å². The first-order valence-corrected chi connectivity index (χ1v) is 14.8. The van der Waals surface area contributed by atoms with Crippen molar-refractivity contribution in [1.82, 2.24) is 0 Å². The molecule has 0 spiro atoms. The van der Waals surface area contributed by atoms with Crippen LogP contribution in [0.5, 0.6) is 5.75 Å². The van der Waals surface area contributed by atoms with Gasteiger partial charge in [-0.25, -0.2) is 0 Å². The second-order valence-electron chi connectivity index (χ2n) is 9.40. The Bertz CT molecular complexity index is 1290. The van der Waals surface area contributed by atoms with Crippen LogP contribution in [0.15, 0.2) is 72.3 Å². The molecule has 3 aromatic rings. The van der Waals surface area contributed by atoms with Crippen LogP contribution in [-0.4, -0.2) is 24.8 Å². The van der Waals surface area contributed by atoms with E-state index in [0.29, 0.717) is 29.8 Å². The summed E-state index contributed by atoms with van der Waals surface area (Å²) < 4.78 is 18.9. The second-order valence-corrected chi connectivity index (χ2v) is 13.2. The summed E-state index contributed by atoms with van der Waals surface area (Å²) in [5, 5.41) is 3.71. The van der Waals surface area contributed by atoms with E-state index in [-0.39, 0.29) is 5.91 Å². The van der Waals surface area contributed by atoms with Crippen LogP contribution < -0.4 is 10.1 Å². The number of benzene rings is 3.